The molecule has 2 aromatic carbocycles. The zero-order valence-electron chi connectivity index (χ0n) is 11.9. The first-order valence-electron chi connectivity index (χ1n) is 6.87. The van der Waals surface area contributed by atoms with E-state index in [9.17, 15) is 5.11 Å². The van der Waals surface area contributed by atoms with E-state index in [2.05, 4.69) is 4.98 Å². The molecule has 1 heterocycles. The van der Waals surface area contributed by atoms with Crippen molar-refractivity contribution in [1.82, 2.24) is 4.98 Å². The molecule has 106 valence electrons. The van der Waals surface area contributed by atoms with Crippen molar-refractivity contribution in [2.75, 3.05) is 13.7 Å². The summed E-state index contributed by atoms with van der Waals surface area (Å²) in [6.07, 6.45) is 1.74. The van der Waals surface area contributed by atoms with Crippen LogP contribution in [0.4, 0.5) is 0 Å². The van der Waals surface area contributed by atoms with Crippen molar-refractivity contribution in [2.24, 2.45) is 0 Å². The van der Waals surface area contributed by atoms with Crippen LogP contribution in [0.15, 0.2) is 66.9 Å². The number of nitrogens with zero attached hydrogens (tertiary/aromatic N) is 1. The van der Waals surface area contributed by atoms with Crippen molar-refractivity contribution < 1.29 is 9.84 Å². The van der Waals surface area contributed by atoms with Gasteiger partial charge in [0.15, 0.2) is 0 Å². The van der Waals surface area contributed by atoms with E-state index in [1.54, 1.807) is 13.3 Å². The van der Waals surface area contributed by atoms with Crippen LogP contribution in [-0.2, 0) is 10.3 Å². The number of pyridine rings is 1. The molecule has 1 unspecified atom stereocenters. The van der Waals surface area contributed by atoms with Gasteiger partial charge in [0.05, 0.1) is 12.1 Å². The molecule has 0 bridgehead atoms. The van der Waals surface area contributed by atoms with Gasteiger partial charge in [-0.15, -0.1) is 0 Å². The number of hydrogen-bond acceptors (Lipinski definition) is 3. The predicted octanol–water partition coefficient (Wildman–Crippen LogP) is 3.12. The van der Waals surface area contributed by atoms with E-state index < -0.39 is 5.60 Å². The molecule has 1 atom stereocenters. The van der Waals surface area contributed by atoms with E-state index >= 15 is 0 Å². The quantitative estimate of drug-likeness (QED) is 0.798. The summed E-state index contributed by atoms with van der Waals surface area (Å²) < 4.78 is 5.29. The molecular formula is C18H17NO2. The fourth-order valence-corrected chi connectivity index (χ4v) is 2.68. The van der Waals surface area contributed by atoms with Gasteiger partial charge < -0.3 is 9.84 Å². The van der Waals surface area contributed by atoms with Crippen LogP contribution < -0.4 is 0 Å². The second-order valence-corrected chi connectivity index (χ2v) is 5.04. The maximum Gasteiger partial charge on any atom is 0.140 e. The Morgan fingerprint density at radius 3 is 2.52 bits per heavy atom. The van der Waals surface area contributed by atoms with Crippen LogP contribution in [-0.4, -0.2) is 23.8 Å². The van der Waals surface area contributed by atoms with E-state index in [4.69, 9.17) is 4.74 Å². The lowest BCUT2D eigenvalue weighted by Crippen LogP contribution is -2.33. The Hall–Kier alpha value is -2.23. The normalized spacial score (nSPS) is 14.0. The molecule has 0 fully saturated rings. The highest BCUT2D eigenvalue weighted by atomic mass is 16.5. The number of para-hydroxylation sites is 1. The number of ether oxygens (including phenoxy) is 1. The molecular weight excluding hydrogens is 262 g/mol. The first kappa shape index (κ1) is 13.7. The fraction of sp³-hybridized carbons (Fsp3) is 0.167. The summed E-state index contributed by atoms with van der Waals surface area (Å²) >= 11 is 0. The third-order valence-electron chi connectivity index (χ3n) is 3.68. The van der Waals surface area contributed by atoms with Gasteiger partial charge in [0, 0.05) is 24.3 Å². The number of methoxy groups -OCH3 is 1. The molecule has 0 amide bonds. The van der Waals surface area contributed by atoms with Gasteiger partial charge in [0.1, 0.15) is 5.60 Å². The lowest BCUT2D eigenvalue weighted by molar-refractivity contribution is -0.00233. The summed E-state index contributed by atoms with van der Waals surface area (Å²) in [7, 11) is 1.59. The SMILES string of the molecule is COCC(O)(c1ccccc1)c1cccc2cccnc12. The molecule has 0 aliphatic rings. The first-order valence-corrected chi connectivity index (χ1v) is 6.87. The van der Waals surface area contributed by atoms with Crippen molar-refractivity contribution in [3.05, 3.63) is 78.0 Å². The third kappa shape index (κ3) is 2.42. The largest absolute Gasteiger partial charge is 0.381 e. The van der Waals surface area contributed by atoms with Crippen molar-refractivity contribution in [1.29, 1.82) is 0 Å². The molecule has 3 nitrogen and oxygen atoms in total. The summed E-state index contributed by atoms with van der Waals surface area (Å²) in [5.41, 5.74) is 1.13. The second-order valence-electron chi connectivity index (χ2n) is 5.04. The Bertz CT molecular complexity index is 737. The lowest BCUT2D eigenvalue weighted by Gasteiger charge is -2.29. The standard InChI is InChI=1S/C18H17NO2/c1-21-13-18(20,15-9-3-2-4-10-15)16-11-5-7-14-8-6-12-19-17(14)16/h2-12,20H,13H2,1H3. The Morgan fingerprint density at radius 1 is 1.00 bits per heavy atom. The van der Waals surface area contributed by atoms with Crippen LogP contribution >= 0.6 is 0 Å². The molecule has 3 rings (SSSR count). The van der Waals surface area contributed by atoms with Crippen molar-refractivity contribution in [3.63, 3.8) is 0 Å². The van der Waals surface area contributed by atoms with E-state index in [0.29, 0.717) is 0 Å². The van der Waals surface area contributed by atoms with Crippen LogP contribution in [0, 0.1) is 0 Å². The van der Waals surface area contributed by atoms with Crippen molar-refractivity contribution >= 4 is 10.9 Å². The average Bonchev–Trinajstić information content (AvgIpc) is 2.55. The Balaban J connectivity index is 2.25. The average molecular weight is 279 g/mol. The van der Waals surface area contributed by atoms with Gasteiger partial charge >= 0.3 is 0 Å². The zero-order chi connectivity index (χ0) is 14.7. The zero-order valence-corrected chi connectivity index (χ0v) is 11.9. The maximum atomic E-state index is 11.3. The number of hydrogen-bond donors (Lipinski definition) is 1. The van der Waals surface area contributed by atoms with Crippen LogP contribution in [0.25, 0.3) is 10.9 Å². The molecule has 1 N–H and O–H groups in total. The molecule has 1 aromatic heterocycles. The van der Waals surface area contributed by atoms with Crippen LogP contribution in [0.3, 0.4) is 0 Å². The number of fused-ring (bicyclic) bond motifs is 1. The number of aliphatic hydroxyl groups is 1. The smallest absolute Gasteiger partial charge is 0.140 e. The Kier molecular flexibility index (Phi) is 3.69. The maximum absolute atomic E-state index is 11.3. The molecule has 0 aliphatic carbocycles. The highest BCUT2D eigenvalue weighted by Crippen LogP contribution is 2.33. The van der Waals surface area contributed by atoms with E-state index in [0.717, 1.165) is 22.0 Å². The van der Waals surface area contributed by atoms with E-state index in [1.165, 1.54) is 0 Å². The fourth-order valence-electron chi connectivity index (χ4n) is 2.68. The molecule has 0 saturated heterocycles. The van der Waals surface area contributed by atoms with E-state index in [1.807, 2.05) is 60.7 Å². The summed E-state index contributed by atoms with van der Waals surface area (Å²) in [6, 6.07) is 19.3. The summed E-state index contributed by atoms with van der Waals surface area (Å²) in [6.45, 7) is 0.173. The topological polar surface area (TPSA) is 42.4 Å². The van der Waals surface area contributed by atoms with Crippen molar-refractivity contribution in [3.8, 4) is 0 Å². The number of aromatic nitrogens is 1. The van der Waals surface area contributed by atoms with Crippen LogP contribution in [0.1, 0.15) is 11.1 Å². The highest BCUT2D eigenvalue weighted by molar-refractivity contribution is 5.83. The molecule has 0 radical (unpaired) electrons. The Labute approximate surface area is 123 Å². The minimum atomic E-state index is -1.22. The van der Waals surface area contributed by atoms with Crippen LogP contribution in [0.5, 0.6) is 0 Å². The van der Waals surface area contributed by atoms with E-state index in [-0.39, 0.29) is 6.61 Å². The second kappa shape index (κ2) is 5.64. The van der Waals surface area contributed by atoms with Crippen molar-refractivity contribution in [2.45, 2.75) is 5.60 Å². The minimum absolute atomic E-state index is 0.173. The number of rotatable bonds is 4. The third-order valence-corrected chi connectivity index (χ3v) is 3.68. The summed E-state index contributed by atoms with van der Waals surface area (Å²) in [4.78, 5) is 4.44. The van der Waals surface area contributed by atoms with Gasteiger partial charge in [0.2, 0.25) is 0 Å². The first-order chi connectivity index (χ1) is 10.3. The van der Waals surface area contributed by atoms with Gasteiger partial charge in [-0.1, -0.05) is 54.6 Å². The molecule has 0 saturated carbocycles. The molecule has 0 aliphatic heterocycles. The monoisotopic (exact) mass is 279 g/mol. The molecule has 3 aromatic rings. The summed E-state index contributed by atoms with van der Waals surface area (Å²) in [5.74, 6) is 0. The Morgan fingerprint density at radius 2 is 1.76 bits per heavy atom. The summed E-state index contributed by atoms with van der Waals surface area (Å²) in [5, 5.41) is 12.3. The molecule has 0 spiro atoms. The minimum Gasteiger partial charge on any atom is -0.381 e. The van der Waals surface area contributed by atoms with Gasteiger partial charge in [0.25, 0.3) is 0 Å². The van der Waals surface area contributed by atoms with Gasteiger partial charge in [-0.3, -0.25) is 4.98 Å². The number of benzene rings is 2. The molecule has 21 heavy (non-hydrogen) atoms. The predicted molar refractivity (Wildman–Crippen MR) is 83.1 cm³/mol. The van der Waals surface area contributed by atoms with Gasteiger partial charge in [-0.25, -0.2) is 0 Å². The lowest BCUT2D eigenvalue weighted by atomic mass is 9.85. The van der Waals surface area contributed by atoms with Gasteiger partial charge in [-0.2, -0.15) is 0 Å². The van der Waals surface area contributed by atoms with Crippen LogP contribution in [0.2, 0.25) is 0 Å². The van der Waals surface area contributed by atoms with Gasteiger partial charge in [-0.05, 0) is 11.6 Å². The highest BCUT2D eigenvalue weighted by Gasteiger charge is 2.33. The molecule has 3 heteroatoms.